The Morgan fingerprint density at radius 2 is 2.44 bits per heavy atom. The molecule has 3 heteroatoms. The molecule has 0 unspecified atom stereocenters. The summed E-state index contributed by atoms with van der Waals surface area (Å²) in [5, 5.41) is 3.46. The molecular weight excluding hydrogens is 198 g/mol. The average Bonchev–Trinajstić information content (AvgIpc) is 2.19. The van der Waals surface area contributed by atoms with Crippen LogP contribution in [0.4, 0.5) is 0 Å². The van der Waals surface area contributed by atoms with E-state index in [1.807, 2.05) is 6.20 Å². The molecule has 0 radical (unpaired) electrons. The van der Waals surface area contributed by atoms with Crippen LogP contribution in [0.25, 0.3) is 0 Å². The van der Waals surface area contributed by atoms with Gasteiger partial charge in [-0.25, -0.2) is 4.98 Å². The molecule has 1 rings (SSSR count). The predicted molar refractivity (Wildman–Crippen MR) is 34.9 cm³/mol. The molecule has 0 aliphatic carbocycles. The summed E-state index contributed by atoms with van der Waals surface area (Å²) < 4.78 is 0. The van der Waals surface area contributed by atoms with Crippen molar-refractivity contribution in [1.82, 2.24) is 0 Å². The molecule has 0 spiro atoms. The number of aryl methyl sites for hydroxylation is 1. The number of halogens is 1. The van der Waals surface area contributed by atoms with E-state index >= 15 is 0 Å². The topological polar surface area (TPSA) is 14.1 Å². The van der Waals surface area contributed by atoms with E-state index in [2.05, 4.69) is 17.3 Å². The van der Waals surface area contributed by atoms with Gasteiger partial charge in [-0.15, -0.1) is 0 Å². The summed E-state index contributed by atoms with van der Waals surface area (Å²) in [6, 6.07) is 0. The summed E-state index contributed by atoms with van der Waals surface area (Å²) in [6.07, 6.45) is 4.41. The number of nitrogens with one attached hydrogen (secondary N) is 1. The third-order valence-electron chi connectivity index (χ3n) is 1.000. The molecule has 0 aliphatic rings. The maximum absolute atomic E-state index is 3.16. The second-order valence-electron chi connectivity index (χ2n) is 1.74. The van der Waals surface area contributed by atoms with Crippen LogP contribution in [0.2, 0.25) is 0 Å². The molecule has 0 saturated heterocycles. The first-order chi connectivity index (χ1) is 3.93. The fourth-order valence-corrected chi connectivity index (χ4v) is 1.39. The number of aromatic amines is 1. The maximum Gasteiger partial charge on any atom is 0.235 e. The van der Waals surface area contributed by atoms with Gasteiger partial charge in [0.1, 0.15) is 0 Å². The molecule has 0 atom stereocenters. The highest BCUT2D eigenvalue weighted by molar-refractivity contribution is 7.09. The van der Waals surface area contributed by atoms with E-state index in [0.29, 0.717) is 0 Å². The largest absolute Gasteiger partial charge is 1.00 e. The van der Waals surface area contributed by atoms with Gasteiger partial charge in [-0.3, -0.25) is 0 Å². The van der Waals surface area contributed by atoms with Crippen LogP contribution in [0.3, 0.4) is 0 Å². The lowest BCUT2D eigenvalue weighted by Crippen LogP contribution is -3.00. The number of hydrogen-bond acceptors (Lipinski definition) is 1. The first kappa shape index (κ1) is 9.11. The second kappa shape index (κ2) is 4.94. The van der Waals surface area contributed by atoms with Crippen LogP contribution in [0.5, 0.6) is 0 Å². The molecule has 0 amide bonds. The summed E-state index contributed by atoms with van der Waals surface area (Å²) in [6.45, 7) is 2.19. The van der Waals surface area contributed by atoms with E-state index in [9.17, 15) is 0 Å². The van der Waals surface area contributed by atoms with E-state index in [-0.39, 0.29) is 17.0 Å². The Labute approximate surface area is 69.9 Å². The third kappa shape index (κ3) is 2.96. The molecule has 0 aliphatic heterocycles. The molecule has 1 aromatic rings. The van der Waals surface area contributed by atoms with Crippen LogP contribution < -0.4 is 22.0 Å². The van der Waals surface area contributed by atoms with Gasteiger partial charge in [-0.1, -0.05) is 18.3 Å². The quantitative estimate of drug-likeness (QED) is 0.562. The highest BCUT2D eigenvalue weighted by Gasteiger charge is 1.96. The summed E-state index contributed by atoms with van der Waals surface area (Å²) >= 11 is 1.79. The Kier molecular flexibility index (Phi) is 5.00. The highest BCUT2D eigenvalue weighted by Crippen LogP contribution is 2.01. The lowest BCUT2D eigenvalue weighted by Gasteiger charge is -1.78. The van der Waals surface area contributed by atoms with E-state index in [1.54, 1.807) is 11.3 Å². The van der Waals surface area contributed by atoms with E-state index in [1.165, 1.54) is 17.8 Å². The third-order valence-corrected chi connectivity index (χ3v) is 1.88. The minimum Gasteiger partial charge on any atom is -1.00 e. The van der Waals surface area contributed by atoms with Crippen molar-refractivity contribution in [3.05, 3.63) is 16.6 Å². The highest BCUT2D eigenvalue weighted by atomic mass is 79.9. The molecule has 1 aromatic heterocycles. The maximum atomic E-state index is 3.16. The Hall–Kier alpha value is 0.110. The minimum atomic E-state index is 0. The Bertz CT molecular complexity index is 139. The summed E-state index contributed by atoms with van der Waals surface area (Å²) in [7, 11) is 0. The number of hydrogen-bond donors (Lipinski definition) is 0. The van der Waals surface area contributed by atoms with Crippen LogP contribution in [-0.2, 0) is 6.42 Å². The monoisotopic (exact) mass is 207 g/mol. The first-order valence-electron chi connectivity index (χ1n) is 2.87. The molecule has 0 fully saturated rings. The Balaban J connectivity index is 0.000000640. The normalized spacial score (nSPS) is 8.56. The Morgan fingerprint density at radius 1 is 1.67 bits per heavy atom. The van der Waals surface area contributed by atoms with Crippen LogP contribution in [0.15, 0.2) is 11.6 Å². The predicted octanol–water partition coefficient (Wildman–Crippen LogP) is -1.48. The first-order valence-corrected chi connectivity index (χ1v) is 3.75. The van der Waals surface area contributed by atoms with Crippen LogP contribution in [0, 0.1) is 0 Å². The lowest BCUT2D eigenvalue weighted by molar-refractivity contribution is -0.382. The van der Waals surface area contributed by atoms with Crippen LogP contribution >= 0.6 is 11.3 Å². The van der Waals surface area contributed by atoms with Crippen molar-refractivity contribution in [3.8, 4) is 0 Å². The SMILES string of the molecule is CCCc1[nH+]ccs1.[Br-]. The molecule has 0 aromatic carbocycles. The van der Waals surface area contributed by atoms with Crippen LogP contribution in [0.1, 0.15) is 18.4 Å². The van der Waals surface area contributed by atoms with Gasteiger partial charge in [0.25, 0.3) is 0 Å². The van der Waals surface area contributed by atoms with Crippen molar-refractivity contribution < 1.29 is 22.0 Å². The number of aromatic nitrogens is 1. The lowest BCUT2D eigenvalue weighted by atomic mass is 10.4. The Morgan fingerprint density at radius 3 is 2.89 bits per heavy atom. The number of rotatable bonds is 2. The van der Waals surface area contributed by atoms with Gasteiger partial charge in [0.2, 0.25) is 5.01 Å². The smallest absolute Gasteiger partial charge is 0.235 e. The molecule has 1 heterocycles. The number of H-pyrrole nitrogens is 1. The van der Waals surface area contributed by atoms with Gasteiger partial charge in [0, 0.05) is 6.42 Å². The molecule has 0 saturated carbocycles. The molecule has 9 heavy (non-hydrogen) atoms. The fraction of sp³-hybridized carbons (Fsp3) is 0.500. The summed E-state index contributed by atoms with van der Waals surface area (Å²) in [5.74, 6) is 0. The summed E-state index contributed by atoms with van der Waals surface area (Å²) in [4.78, 5) is 3.16. The molecular formula is C6H10BrNS. The molecule has 52 valence electrons. The van der Waals surface area contributed by atoms with Gasteiger partial charge in [-0.2, -0.15) is 0 Å². The van der Waals surface area contributed by atoms with Crippen molar-refractivity contribution >= 4 is 11.3 Å². The number of thiazole rings is 1. The molecule has 0 bridgehead atoms. The van der Waals surface area contributed by atoms with E-state index in [0.717, 1.165) is 0 Å². The zero-order valence-corrected chi connectivity index (χ0v) is 7.76. The van der Waals surface area contributed by atoms with Crippen LogP contribution in [-0.4, -0.2) is 0 Å². The van der Waals surface area contributed by atoms with Gasteiger partial charge in [0.15, 0.2) is 6.20 Å². The van der Waals surface area contributed by atoms with Crippen molar-refractivity contribution in [2.24, 2.45) is 0 Å². The molecule has 1 N–H and O–H groups in total. The fourth-order valence-electron chi connectivity index (χ4n) is 0.635. The van der Waals surface area contributed by atoms with Crippen molar-refractivity contribution in [3.63, 3.8) is 0 Å². The van der Waals surface area contributed by atoms with Crippen molar-refractivity contribution in [2.75, 3.05) is 0 Å². The van der Waals surface area contributed by atoms with Crippen molar-refractivity contribution in [1.29, 1.82) is 0 Å². The van der Waals surface area contributed by atoms with Crippen molar-refractivity contribution in [2.45, 2.75) is 19.8 Å². The zero-order chi connectivity index (χ0) is 5.82. The molecule has 1 nitrogen and oxygen atoms in total. The second-order valence-corrected chi connectivity index (χ2v) is 2.74. The van der Waals surface area contributed by atoms with E-state index < -0.39 is 0 Å². The van der Waals surface area contributed by atoms with Gasteiger partial charge < -0.3 is 17.0 Å². The van der Waals surface area contributed by atoms with Gasteiger partial charge >= 0.3 is 0 Å². The van der Waals surface area contributed by atoms with Gasteiger partial charge in [-0.05, 0) is 6.42 Å². The standard InChI is InChI=1S/C6H9NS.BrH/c1-2-3-6-7-4-5-8-6;/h4-5H,2-3H2,1H3;1H. The zero-order valence-electron chi connectivity index (χ0n) is 5.36. The minimum absolute atomic E-state index is 0. The van der Waals surface area contributed by atoms with Gasteiger partial charge in [0.05, 0.1) is 5.38 Å². The average molecular weight is 208 g/mol. The van der Waals surface area contributed by atoms with E-state index in [4.69, 9.17) is 0 Å². The summed E-state index contributed by atoms with van der Waals surface area (Å²) in [5.41, 5.74) is 0.